The van der Waals surface area contributed by atoms with Crippen molar-refractivity contribution in [3.05, 3.63) is 71.3 Å². The van der Waals surface area contributed by atoms with E-state index >= 15 is 0 Å². The van der Waals surface area contributed by atoms with E-state index in [1.165, 1.54) is 5.56 Å². The average Bonchev–Trinajstić information content (AvgIpc) is 2.61. The molecule has 1 aliphatic rings. The Morgan fingerprint density at radius 3 is 2.70 bits per heavy atom. The van der Waals surface area contributed by atoms with Crippen molar-refractivity contribution < 1.29 is 4.74 Å². The van der Waals surface area contributed by atoms with Crippen molar-refractivity contribution in [2.24, 2.45) is 5.92 Å². The van der Waals surface area contributed by atoms with Crippen LogP contribution < -0.4 is 5.32 Å². The maximum Gasteiger partial charge on any atom is 0.0991 e. The Balaban J connectivity index is 1.51. The molecule has 0 aliphatic carbocycles. The third kappa shape index (κ3) is 4.66. The first-order valence-electron chi connectivity index (χ1n) is 8.19. The van der Waals surface area contributed by atoms with Crippen LogP contribution in [-0.4, -0.2) is 19.2 Å². The molecule has 3 rings (SSSR count). The van der Waals surface area contributed by atoms with E-state index in [2.05, 4.69) is 41.7 Å². The maximum absolute atomic E-state index is 8.95. The molecule has 1 N–H and O–H groups in total. The zero-order valence-corrected chi connectivity index (χ0v) is 13.2. The minimum atomic E-state index is 0.239. The SMILES string of the molecule is N#Cc1cccc(CO[C@@H]2CNC[C@@H](Cc3ccccc3)C2)c1. The third-order valence-electron chi connectivity index (χ3n) is 4.31. The molecule has 2 aromatic rings. The van der Waals surface area contributed by atoms with E-state index in [1.54, 1.807) is 0 Å². The van der Waals surface area contributed by atoms with E-state index in [4.69, 9.17) is 10.00 Å². The molecule has 0 bridgehead atoms. The number of nitriles is 1. The summed E-state index contributed by atoms with van der Waals surface area (Å²) in [5.41, 5.74) is 3.14. The zero-order chi connectivity index (χ0) is 15.9. The summed E-state index contributed by atoms with van der Waals surface area (Å²) in [6, 6.07) is 20.5. The fraction of sp³-hybridized carbons (Fsp3) is 0.350. The second-order valence-corrected chi connectivity index (χ2v) is 6.19. The maximum atomic E-state index is 8.95. The smallest absolute Gasteiger partial charge is 0.0991 e. The van der Waals surface area contributed by atoms with Gasteiger partial charge in [-0.1, -0.05) is 42.5 Å². The normalized spacial score (nSPS) is 20.8. The number of nitrogens with one attached hydrogen (secondary N) is 1. The van der Waals surface area contributed by atoms with Gasteiger partial charge in [-0.15, -0.1) is 0 Å². The highest BCUT2D eigenvalue weighted by atomic mass is 16.5. The van der Waals surface area contributed by atoms with Crippen LogP contribution in [0.15, 0.2) is 54.6 Å². The summed E-state index contributed by atoms with van der Waals surface area (Å²) in [6.45, 7) is 2.53. The van der Waals surface area contributed by atoms with E-state index in [9.17, 15) is 0 Å². The quantitative estimate of drug-likeness (QED) is 0.922. The highest BCUT2D eigenvalue weighted by Gasteiger charge is 2.22. The number of ether oxygens (including phenoxy) is 1. The fourth-order valence-corrected chi connectivity index (χ4v) is 3.16. The van der Waals surface area contributed by atoms with Gasteiger partial charge in [0.25, 0.3) is 0 Å². The largest absolute Gasteiger partial charge is 0.372 e. The summed E-state index contributed by atoms with van der Waals surface area (Å²) >= 11 is 0. The van der Waals surface area contributed by atoms with Crippen LogP contribution >= 0.6 is 0 Å². The minimum Gasteiger partial charge on any atom is -0.372 e. The van der Waals surface area contributed by atoms with Gasteiger partial charge in [-0.3, -0.25) is 0 Å². The van der Waals surface area contributed by atoms with Crippen molar-refractivity contribution in [1.82, 2.24) is 5.32 Å². The molecule has 2 aromatic carbocycles. The number of piperidine rings is 1. The Hall–Kier alpha value is -2.15. The summed E-state index contributed by atoms with van der Waals surface area (Å²) in [5, 5.41) is 12.4. The van der Waals surface area contributed by atoms with Gasteiger partial charge in [0.15, 0.2) is 0 Å². The van der Waals surface area contributed by atoms with Crippen LogP contribution in [0, 0.1) is 17.2 Å². The number of benzene rings is 2. The van der Waals surface area contributed by atoms with Gasteiger partial charge < -0.3 is 10.1 Å². The molecule has 23 heavy (non-hydrogen) atoms. The number of hydrogen-bond donors (Lipinski definition) is 1. The molecule has 3 heteroatoms. The van der Waals surface area contributed by atoms with Crippen molar-refractivity contribution in [1.29, 1.82) is 5.26 Å². The van der Waals surface area contributed by atoms with Gasteiger partial charge in [-0.25, -0.2) is 0 Å². The van der Waals surface area contributed by atoms with Crippen molar-refractivity contribution in [2.75, 3.05) is 13.1 Å². The lowest BCUT2D eigenvalue weighted by molar-refractivity contribution is 0.0114. The van der Waals surface area contributed by atoms with Crippen molar-refractivity contribution >= 4 is 0 Å². The van der Waals surface area contributed by atoms with Crippen LogP contribution in [0.2, 0.25) is 0 Å². The Morgan fingerprint density at radius 1 is 1.04 bits per heavy atom. The summed E-state index contributed by atoms with van der Waals surface area (Å²) in [4.78, 5) is 0. The predicted octanol–water partition coefficient (Wildman–Crippen LogP) is 3.30. The first kappa shape index (κ1) is 15.7. The molecule has 0 aromatic heterocycles. The first-order chi connectivity index (χ1) is 11.3. The first-order valence-corrected chi connectivity index (χ1v) is 8.19. The fourth-order valence-electron chi connectivity index (χ4n) is 3.16. The Labute approximate surface area is 137 Å². The molecule has 1 heterocycles. The van der Waals surface area contributed by atoms with Crippen LogP contribution in [0.1, 0.15) is 23.1 Å². The predicted molar refractivity (Wildman–Crippen MR) is 90.9 cm³/mol. The summed E-state index contributed by atoms with van der Waals surface area (Å²) < 4.78 is 6.06. The summed E-state index contributed by atoms with van der Waals surface area (Å²) in [5.74, 6) is 0.613. The molecule has 0 radical (unpaired) electrons. The monoisotopic (exact) mass is 306 g/mol. The van der Waals surface area contributed by atoms with E-state index in [0.717, 1.165) is 31.5 Å². The lowest BCUT2D eigenvalue weighted by Gasteiger charge is -2.30. The highest BCUT2D eigenvalue weighted by molar-refractivity contribution is 5.32. The van der Waals surface area contributed by atoms with E-state index in [-0.39, 0.29) is 6.10 Å². The van der Waals surface area contributed by atoms with Gasteiger partial charge in [0.1, 0.15) is 0 Å². The molecular formula is C20H22N2O. The lowest BCUT2D eigenvalue weighted by Crippen LogP contribution is -2.41. The van der Waals surface area contributed by atoms with E-state index < -0.39 is 0 Å². The van der Waals surface area contributed by atoms with Crippen molar-refractivity contribution in [3.63, 3.8) is 0 Å². The molecule has 2 atom stereocenters. The Bertz CT molecular complexity index is 663. The van der Waals surface area contributed by atoms with E-state index in [1.807, 2.05) is 24.3 Å². The highest BCUT2D eigenvalue weighted by Crippen LogP contribution is 2.19. The molecule has 0 spiro atoms. The number of rotatable bonds is 5. The molecule has 118 valence electrons. The Morgan fingerprint density at radius 2 is 1.87 bits per heavy atom. The number of nitrogens with zero attached hydrogens (tertiary/aromatic N) is 1. The molecule has 0 unspecified atom stereocenters. The van der Waals surface area contributed by atoms with E-state index in [0.29, 0.717) is 18.1 Å². The van der Waals surface area contributed by atoms with Crippen LogP contribution in [0.4, 0.5) is 0 Å². The number of hydrogen-bond acceptors (Lipinski definition) is 3. The van der Waals surface area contributed by atoms with Crippen LogP contribution in [0.25, 0.3) is 0 Å². The standard InChI is InChI=1S/C20H22N2O/c21-12-17-7-4-8-18(10-17)15-23-20-11-19(13-22-14-20)9-16-5-2-1-3-6-16/h1-8,10,19-20,22H,9,11,13-15H2/t19-,20-/m0/s1. The molecule has 0 saturated carbocycles. The third-order valence-corrected chi connectivity index (χ3v) is 4.31. The van der Waals surface area contributed by atoms with Gasteiger partial charge in [-0.2, -0.15) is 5.26 Å². The minimum absolute atomic E-state index is 0.239. The molecule has 0 amide bonds. The van der Waals surface area contributed by atoms with Gasteiger partial charge in [0, 0.05) is 6.54 Å². The molecule has 1 aliphatic heterocycles. The lowest BCUT2D eigenvalue weighted by atomic mass is 9.91. The molecule has 1 fully saturated rings. The summed E-state index contributed by atoms with van der Waals surface area (Å²) in [7, 11) is 0. The molecule has 3 nitrogen and oxygen atoms in total. The van der Waals surface area contributed by atoms with Gasteiger partial charge >= 0.3 is 0 Å². The zero-order valence-electron chi connectivity index (χ0n) is 13.2. The average molecular weight is 306 g/mol. The van der Waals surface area contributed by atoms with Crippen molar-refractivity contribution in [3.8, 4) is 6.07 Å². The van der Waals surface area contributed by atoms with Gasteiger partial charge in [-0.05, 0) is 48.6 Å². The molecular weight excluding hydrogens is 284 g/mol. The topological polar surface area (TPSA) is 45.0 Å². The van der Waals surface area contributed by atoms with Gasteiger partial charge in [0.05, 0.1) is 24.3 Å². The Kier molecular flexibility index (Phi) is 5.42. The van der Waals surface area contributed by atoms with Crippen molar-refractivity contribution in [2.45, 2.75) is 25.6 Å². The van der Waals surface area contributed by atoms with Crippen LogP contribution in [0.5, 0.6) is 0 Å². The summed E-state index contributed by atoms with van der Waals surface area (Å²) in [6.07, 6.45) is 2.42. The van der Waals surface area contributed by atoms with Gasteiger partial charge in [0.2, 0.25) is 0 Å². The van der Waals surface area contributed by atoms with Crippen LogP contribution in [-0.2, 0) is 17.8 Å². The second-order valence-electron chi connectivity index (χ2n) is 6.19. The van der Waals surface area contributed by atoms with Crippen LogP contribution in [0.3, 0.4) is 0 Å². The second kappa shape index (κ2) is 7.92. The molecule has 1 saturated heterocycles.